The van der Waals surface area contributed by atoms with Gasteiger partial charge in [0.25, 0.3) is 0 Å². The molecule has 3 heteroatoms. The molecule has 17 heavy (non-hydrogen) atoms. The van der Waals surface area contributed by atoms with Crippen molar-refractivity contribution in [3.63, 3.8) is 0 Å². The fourth-order valence-corrected chi connectivity index (χ4v) is 1.72. The molecule has 2 aromatic carbocycles. The monoisotopic (exact) mass is 227 g/mol. The molecule has 0 aliphatic heterocycles. The predicted molar refractivity (Wildman–Crippen MR) is 68.0 cm³/mol. The van der Waals surface area contributed by atoms with Crippen molar-refractivity contribution >= 4 is 11.7 Å². The quantitative estimate of drug-likeness (QED) is 0.775. The van der Waals surface area contributed by atoms with Crippen molar-refractivity contribution in [1.82, 2.24) is 0 Å². The molecule has 0 saturated heterocycles. The Kier molecular flexibility index (Phi) is 2.83. The third-order valence-electron chi connectivity index (χ3n) is 2.64. The average molecular weight is 227 g/mol. The van der Waals surface area contributed by atoms with E-state index in [2.05, 4.69) is 0 Å². The van der Waals surface area contributed by atoms with Crippen LogP contribution in [0.1, 0.15) is 15.9 Å². The highest BCUT2D eigenvalue weighted by Gasteiger charge is 2.11. The van der Waals surface area contributed by atoms with Crippen molar-refractivity contribution in [1.29, 1.82) is 0 Å². The number of hydrogen-bond acceptors (Lipinski definition) is 2. The van der Waals surface area contributed by atoms with E-state index >= 15 is 0 Å². The van der Waals surface area contributed by atoms with Crippen LogP contribution in [0.15, 0.2) is 42.5 Å². The smallest absolute Gasteiger partial charge is 0.336 e. The van der Waals surface area contributed by atoms with Crippen LogP contribution < -0.4 is 5.73 Å². The number of nitrogen functional groups attached to an aromatic ring is 1. The van der Waals surface area contributed by atoms with Gasteiger partial charge in [0.1, 0.15) is 0 Å². The lowest BCUT2D eigenvalue weighted by atomic mass is 9.98. The van der Waals surface area contributed by atoms with E-state index in [0.29, 0.717) is 11.3 Å². The van der Waals surface area contributed by atoms with Crippen LogP contribution in [0.3, 0.4) is 0 Å². The van der Waals surface area contributed by atoms with Crippen LogP contribution in [0.5, 0.6) is 0 Å². The number of carboxylic acid groups (broad SMARTS) is 1. The Labute approximate surface area is 99.5 Å². The lowest BCUT2D eigenvalue weighted by molar-refractivity contribution is 0.0698. The molecule has 0 aliphatic carbocycles. The van der Waals surface area contributed by atoms with Gasteiger partial charge in [-0.05, 0) is 30.2 Å². The fraction of sp³-hybridized carbons (Fsp3) is 0.0714. The second-order valence-corrected chi connectivity index (χ2v) is 3.98. The van der Waals surface area contributed by atoms with Crippen LogP contribution in [0, 0.1) is 6.92 Å². The molecule has 0 bridgehead atoms. The summed E-state index contributed by atoms with van der Waals surface area (Å²) in [5.74, 6) is -0.965. The zero-order valence-corrected chi connectivity index (χ0v) is 9.47. The average Bonchev–Trinajstić information content (AvgIpc) is 2.30. The lowest BCUT2D eigenvalue weighted by Gasteiger charge is -2.07. The van der Waals surface area contributed by atoms with Crippen molar-refractivity contribution < 1.29 is 9.90 Å². The van der Waals surface area contributed by atoms with E-state index in [9.17, 15) is 4.79 Å². The Balaban J connectivity index is 2.58. The van der Waals surface area contributed by atoms with E-state index in [-0.39, 0.29) is 5.56 Å². The number of rotatable bonds is 2. The Morgan fingerprint density at radius 1 is 1.12 bits per heavy atom. The number of benzene rings is 2. The van der Waals surface area contributed by atoms with E-state index in [1.54, 1.807) is 12.1 Å². The number of anilines is 1. The van der Waals surface area contributed by atoms with Gasteiger partial charge in [-0.15, -0.1) is 0 Å². The van der Waals surface area contributed by atoms with Crippen LogP contribution in [0.2, 0.25) is 0 Å². The molecular weight excluding hydrogens is 214 g/mol. The first-order chi connectivity index (χ1) is 8.08. The van der Waals surface area contributed by atoms with Gasteiger partial charge in [-0.3, -0.25) is 0 Å². The summed E-state index contributed by atoms with van der Waals surface area (Å²) in [6, 6.07) is 12.7. The minimum Gasteiger partial charge on any atom is -0.478 e. The first-order valence-electron chi connectivity index (χ1n) is 5.28. The molecule has 86 valence electrons. The lowest BCUT2D eigenvalue weighted by Crippen LogP contribution is -2.01. The number of carbonyl (C=O) groups is 1. The van der Waals surface area contributed by atoms with Crippen LogP contribution >= 0.6 is 0 Å². The summed E-state index contributed by atoms with van der Waals surface area (Å²) in [5.41, 5.74) is 9.00. The maximum Gasteiger partial charge on any atom is 0.336 e. The molecule has 0 aliphatic rings. The molecule has 0 unspecified atom stereocenters. The summed E-state index contributed by atoms with van der Waals surface area (Å²) in [7, 11) is 0. The summed E-state index contributed by atoms with van der Waals surface area (Å²) in [6.07, 6.45) is 0. The van der Waals surface area contributed by atoms with E-state index < -0.39 is 5.97 Å². The van der Waals surface area contributed by atoms with Gasteiger partial charge in [0.05, 0.1) is 5.56 Å². The van der Waals surface area contributed by atoms with Gasteiger partial charge >= 0.3 is 5.97 Å². The topological polar surface area (TPSA) is 63.3 Å². The van der Waals surface area contributed by atoms with Crippen LogP contribution in [0.25, 0.3) is 11.1 Å². The second-order valence-electron chi connectivity index (χ2n) is 3.98. The van der Waals surface area contributed by atoms with Gasteiger partial charge in [-0.1, -0.05) is 35.9 Å². The second kappa shape index (κ2) is 4.29. The van der Waals surface area contributed by atoms with Gasteiger partial charge in [0, 0.05) is 5.69 Å². The summed E-state index contributed by atoms with van der Waals surface area (Å²) in [5, 5.41) is 9.15. The summed E-state index contributed by atoms with van der Waals surface area (Å²) in [4.78, 5) is 11.2. The molecule has 0 fully saturated rings. The molecule has 2 aromatic rings. The molecule has 3 nitrogen and oxygen atoms in total. The highest BCUT2D eigenvalue weighted by atomic mass is 16.4. The normalized spacial score (nSPS) is 10.2. The number of aryl methyl sites for hydroxylation is 1. The summed E-state index contributed by atoms with van der Waals surface area (Å²) >= 11 is 0. The Morgan fingerprint density at radius 3 is 2.35 bits per heavy atom. The first kappa shape index (κ1) is 11.2. The van der Waals surface area contributed by atoms with Crippen molar-refractivity contribution in [3.05, 3.63) is 53.6 Å². The fourth-order valence-electron chi connectivity index (χ4n) is 1.72. The first-order valence-corrected chi connectivity index (χ1v) is 5.28. The van der Waals surface area contributed by atoms with Gasteiger partial charge in [0.2, 0.25) is 0 Å². The molecule has 0 spiro atoms. The molecule has 0 amide bonds. The number of nitrogens with two attached hydrogens (primary N) is 1. The van der Waals surface area contributed by atoms with E-state index in [1.165, 1.54) is 6.07 Å². The zero-order valence-electron chi connectivity index (χ0n) is 9.47. The van der Waals surface area contributed by atoms with Gasteiger partial charge in [0.15, 0.2) is 0 Å². The molecule has 3 N–H and O–H groups in total. The van der Waals surface area contributed by atoms with E-state index in [4.69, 9.17) is 10.8 Å². The summed E-state index contributed by atoms with van der Waals surface area (Å²) < 4.78 is 0. The minimum absolute atomic E-state index is 0.230. The Bertz CT molecular complexity index is 559. The largest absolute Gasteiger partial charge is 0.478 e. The molecule has 2 rings (SSSR count). The number of carboxylic acids is 1. The minimum atomic E-state index is -0.965. The molecule has 0 saturated carbocycles. The molecule has 0 aromatic heterocycles. The van der Waals surface area contributed by atoms with Gasteiger partial charge in [-0.2, -0.15) is 0 Å². The Morgan fingerprint density at radius 2 is 1.76 bits per heavy atom. The summed E-state index contributed by atoms with van der Waals surface area (Å²) in [6.45, 7) is 1.99. The van der Waals surface area contributed by atoms with Crippen molar-refractivity contribution in [2.24, 2.45) is 0 Å². The standard InChI is InChI=1S/C14H13NO2/c1-9-2-4-10(5-3-9)12-7-6-11(15)8-13(12)14(16)17/h2-8H,15H2,1H3,(H,16,17). The van der Waals surface area contributed by atoms with Crippen molar-refractivity contribution in [3.8, 4) is 11.1 Å². The van der Waals surface area contributed by atoms with E-state index in [0.717, 1.165) is 11.1 Å². The maximum absolute atomic E-state index is 11.2. The third kappa shape index (κ3) is 2.28. The molecule has 0 heterocycles. The molecule has 0 radical (unpaired) electrons. The van der Waals surface area contributed by atoms with Crippen LogP contribution in [0.4, 0.5) is 5.69 Å². The third-order valence-corrected chi connectivity index (χ3v) is 2.64. The zero-order chi connectivity index (χ0) is 12.4. The highest BCUT2D eigenvalue weighted by molar-refractivity contribution is 5.97. The highest BCUT2D eigenvalue weighted by Crippen LogP contribution is 2.26. The SMILES string of the molecule is Cc1ccc(-c2ccc(N)cc2C(=O)O)cc1. The molecular formula is C14H13NO2. The van der Waals surface area contributed by atoms with Gasteiger partial charge in [-0.25, -0.2) is 4.79 Å². The van der Waals surface area contributed by atoms with Gasteiger partial charge < -0.3 is 10.8 Å². The van der Waals surface area contributed by atoms with Crippen LogP contribution in [-0.4, -0.2) is 11.1 Å². The predicted octanol–water partition coefficient (Wildman–Crippen LogP) is 2.94. The number of hydrogen-bond donors (Lipinski definition) is 2. The Hall–Kier alpha value is -2.29. The van der Waals surface area contributed by atoms with Crippen molar-refractivity contribution in [2.75, 3.05) is 5.73 Å². The van der Waals surface area contributed by atoms with Crippen LogP contribution in [-0.2, 0) is 0 Å². The molecule has 0 atom stereocenters. The number of aromatic carboxylic acids is 1. The van der Waals surface area contributed by atoms with E-state index in [1.807, 2.05) is 31.2 Å². The van der Waals surface area contributed by atoms with Crippen molar-refractivity contribution in [2.45, 2.75) is 6.92 Å². The maximum atomic E-state index is 11.2.